The maximum atomic E-state index is 13.0. The van der Waals surface area contributed by atoms with Crippen LogP contribution in [-0.4, -0.2) is 60.7 Å². The molecule has 3 rings (SSSR count). The van der Waals surface area contributed by atoms with E-state index in [0.29, 0.717) is 19.1 Å². The van der Waals surface area contributed by atoms with Gasteiger partial charge in [0.25, 0.3) is 0 Å². The minimum atomic E-state index is -0.444. The number of rotatable bonds is 2. The molecule has 3 atom stereocenters. The summed E-state index contributed by atoms with van der Waals surface area (Å²) in [6.07, 6.45) is 4.04. The summed E-state index contributed by atoms with van der Waals surface area (Å²) in [7, 11) is 3.58. The van der Waals surface area contributed by atoms with Crippen molar-refractivity contribution in [1.29, 1.82) is 0 Å². The van der Waals surface area contributed by atoms with Crippen LogP contribution in [0.3, 0.4) is 0 Å². The molecule has 22 heavy (non-hydrogen) atoms. The standard InChI is InChI=1S/C15H21FN4O2/c1-19(2)14(21)11-4-6-22-13-3-5-20(9-12(11)13)15-17-7-10(16)8-18-15/h7-8,11-13H,3-6,9H2,1-2H3/t11-,12-,13-/m1/s1. The summed E-state index contributed by atoms with van der Waals surface area (Å²) in [6, 6.07) is 0. The fourth-order valence-electron chi connectivity index (χ4n) is 3.40. The summed E-state index contributed by atoms with van der Waals surface area (Å²) in [5.74, 6) is 0.324. The summed E-state index contributed by atoms with van der Waals surface area (Å²) in [5, 5.41) is 0. The van der Waals surface area contributed by atoms with Gasteiger partial charge >= 0.3 is 0 Å². The highest BCUT2D eigenvalue weighted by Gasteiger charge is 2.42. The predicted molar refractivity (Wildman–Crippen MR) is 78.9 cm³/mol. The van der Waals surface area contributed by atoms with E-state index >= 15 is 0 Å². The zero-order chi connectivity index (χ0) is 15.7. The summed E-state index contributed by atoms with van der Waals surface area (Å²) >= 11 is 0. The molecule has 2 aliphatic heterocycles. The Hall–Kier alpha value is -1.76. The van der Waals surface area contributed by atoms with Gasteiger partial charge in [-0.15, -0.1) is 0 Å². The molecule has 0 unspecified atom stereocenters. The van der Waals surface area contributed by atoms with Crippen LogP contribution in [0.2, 0.25) is 0 Å². The van der Waals surface area contributed by atoms with Crippen molar-refractivity contribution in [3.63, 3.8) is 0 Å². The molecule has 1 aromatic rings. The Bertz CT molecular complexity index is 537. The van der Waals surface area contributed by atoms with E-state index in [4.69, 9.17) is 4.74 Å². The summed E-state index contributed by atoms with van der Waals surface area (Å²) < 4.78 is 18.8. The molecule has 6 nitrogen and oxygen atoms in total. The van der Waals surface area contributed by atoms with Crippen LogP contribution in [0.25, 0.3) is 0 Å². The Morgan fingerprint density at radius 1 is 1.36 bits per heavy atom. The molecule has 1 amide bonds. The van der Waals surface area contributed by atoms with Gasteiger partial charge in [-0.25, -0.2) is 14.4 Å². The monoisotopic (exact) mass is 308 g/mol. The van der Waals surface area contributed by atoms with Crippen molar-refractivity contribution in [2.75, 3.05) is 38.7 Å². The maximum Gasteiger partial charge on any atom is 0.225 e. The van der Waals surface area contributed by atoms with Crippen molar-refractivity contribution in [3.05, 3.63) is 18.2 Å². The molecule has 2 saturated heterocycles. The smallest absolute Gasteiger partial charge is 0.225 e. The topological polar surface area (TPSA) is 58.6 Å². The minimum Gasteiger partial charge on any atom is -0.378 e. The lowest BCUT2D eigenvalue weighted by Crippen LogP contribution is -2.53. The first kappa shape index (κ1) is 15.1. The quantitative estimate of drug-likeness (QED) is 0.814. The number of ether oxygens (including phenoxy) is 1. The molecular weight excluding hydrogens is 287 g/mol. The number of halogens is 1. The first-order valence-electron chi connectivity index (χ1n) is 7.61. The van der Waals surface area contributed by atoms with Gasteiger partial charge in [0.1, 0.15) is 0 Å². The highest BCUT2D eigenvalue weighted by atomic mass is 19.1. The number of amides is 1. The van der Waals surface area contributed by atoms with E-state index in [1.165, 1.54) is 12.4 Å². The van der Waals surface area contributed by atoms with Gasteiger partial charge in [-0.05, 0) is 12.8 Å². The Kier molecular flexibility index (Phi) is 4.24. The van der Waals surface area contributed by atoms with Gasteiger partial charge in [-0.1, -0.05) is 0 Å². The molecule has 0 N–H and O–H groups in total. The molecule has 0 aliphatic carbocycles. The second kappa shape index (κ2) is 6.16. The molecule has 2 aliphatic rings. The number of carbonyl (C=O) groups is 1. The highest BCUT2D eigenvalue weighted by Crippen LogP contribution is 2.34. The van der Waals surface area contributed by atoms with Gasteiger partial charge in [-0.3, -0.25) is 4.79 Å². The molecule has 0 spiro atoms. The second-order valence-corrected chi connectivity index (χ2v) is 6.14. The van der Waals surface area contributed by atoms with Gasteiger partial charge in [0, 0.05) is 45.6 Å². The molecule has 0 aromatic carbocycles. The van der Waals surface area contributed by atoms with Crippen molar-refractivity contribution in [2.45, 2.75) is 18.9 Å². The van der Waals surface area contributed by atoms with Gasteiger partial charge in [0.05, 0.1) is 18.5 Å². The van der Waals surface area contributed by atoms with Crippen LogP contribution in [0.5, 0.6) is 0 Å². The van der Waals surface area contributed by atoms with Crippen LogP contribution < -0.4 is 4.90 Å². The van der Waals surface area contributed by atoms with Gasteiger partial charge in [0.15, 0.2) is 5.82 Å². The fourth-order valence-corrected chi connectivity index (χ4v) is 3.40. The normalized spacial score (nSPS) is 28.1. The number of carbonyl (C=O) groups excluding carboxylic acids is 1. The number of anilines is 1. The van der Waals surface area contributed by atoms with Crippen molar-refractivity contribution >= 4 is 11.9 Å². The number of piperidine rings is 1. The number of aromatic nitrogens is 2. The number of nitrogens with zero attached hydrogens (tertiary/aromatic N) is 4. The predicted octanol–water partition coefficient (Wildman–Crippen LogP) is 0.935. The molecule has 120 valence electrons. The zero-order valence-corrected chi connectivity index (χ0v) is 12.9. The van der Waals surface area contributed by atoms with E-state index in [-0.39, 0.29) is 23.8 Å². The average Bonchev–Trinajstić information content (AvgIpc) is 2.53. The number of hydrogen-bond acceptors (Lipinski definition) is 5. The SMILES string of the molecule is CN(C)C(=O)[C@@H]1CCO[C@@H]2CCN(c3ncc(F)cn3)C[C@@H]21. The van der Waals surface area contributed by atoms with E-state index in [1.807, 2.05) is 4.90 Å². The molecule has 1 aromatic heterocycles. The number of hydrogen-bond donors (Lipinski definition) is 0. The molecule has 0 bridgehead atoms. The molecule has 0 radical (unpaired) electrons. The summed E-state index contributed by atoms with van der Waals surface area (Å²) in [4.78, 5) is 24.2. The van der Waals surface area contributed by atoms with Crippen LogP contribution >= 0.6 is 0 Å². The van der Waals surface area contributed by atoms with E-state index in [9.17, 15) is 9.18 Å². The van der Waals surface area contributed by atoms with E-state index in [2.05, 4.69) is 9.97 Å². The number of fused-ring (bicyclic) bond motifs is 1. The highest BCUT2D eigenvalue weighted by molar-refractivity contribution is 5.79. The largest absolute Gasteiger partial charge is 0.378 e. The Labute approximate surface area is 129 Å². The van der Waals surface area contributed by atoms with Crippen molar-refractivity contribution < 1.29 is 13.9 Å². The molecular formula is C15H21FN4O2. The van der Waals surface area contributed by atoms with E-state index < -0.39 is 5.82 Å². The van der Waals surface area contributed by atoms with Crippen molar-refractivity contribution in [1.82, 2.24) is 14.9 Å². The second-order valence-electron chi connectivity index (χ2n) is 6.14. The van der Waals surface area contributed by atoms with E-state index in [1.54, 1.807) is 19.0 Å². The molecule has 0 saturated carbocycles. The lowest BCUT2D eigenvalue weighted by Gasteiger charge is -2.45. The first-order valence-corrected chi connectivity index (χ1v) is 7.61. The minimum absolute atomic E-state index is 0.0306. The zero-order valence-electron chi connectivity index (χ0n) is 12.9. The summed E-state index contributed by atoms with van der Waals surface area (Å²) in [6.45, 7) is 2.06. The van der Waals surface area contributed by atoms with Crippen LogP contribution in [0, 0.1) is 17.7 Å². The lowest BCUT2D eigenvalue weighted by molar-refractivity contribution is -0.144. The third kappa shape index (κ3) is 2.90. The summed E-state index contributed by atoms with van der Waals surface area (Å²) in [5.41, 5.74) is 0. The van der Waals surface area contributed by atoms with Crippen LogP contribution in [0.4, 0.5) is 10.3 Å². The average molecular weight is 308 g/mol. The van der Waals surface area contributed by atoms with Crippen molar-refractivity contribution in [2.24, 2.45) is 11.8 Å². The lowest BCUT2D eigenvalue weighted by atomic mass is 9.79. The Morgan fingerprint density at radius 2 is 2.09 bits per heavy atom. The Morgan fingerprint density at radius 3 is 2.77 bits per heavy atom. The van der Waals surface area contributed by atoms with E-state index in [0.717, 1.165) is 19.4 Å². The first-order chi connectivity index (χ1) is 10.6. The molecule has 3 heterocycles. The van der Waals surface area contributed by atoms with Gasteiger partial charge in [0.2, 0.25) is 11.9 Å². The Balaban J connectivity index is 1.77. The van der Waals surface area contributed by atoms with Crippen LogP contribution in [-0.2, 0) is 9.53 Å². The van der Waals surface area contributed by atoms with Crippen LogP contribution in [0.1, 0.15) is 12.8 Å². The van der Waals surface area contributed by atoms with Gasteiger partial charge in [-0.2, -0.15) is 0 Å². The third-order valence-corrected chi connectivity index (χ3v) is 4.52. The fraction of sp³-hybridized carbons (Fsp3) is 0.667. The maximum absolute atomic E-state index is 13.0. The van der Waals surface area contributed by atoms with Gasteiger partial charge < -0.3 is 14.5 Å². The third-order valence-electron chi connectivity index (χ3n) is 4.52. The van der Waals surface area contributed by atoms with Crippen molar-refractivity contribution in [3.8, 4) is 0 Å². The van der Waals surface area contributed by atoms with Crippen LogP contribution in [0.15, 0.2) is 12.4 Å². The molecule has 2 fully saturated rings. The molecule has 7 heteroatoms.